The van der Waals surface area contributed by atoms with Gasteiger partial charge in [0.15, 0.2) is 0 Å². The van der Waals surface area contributed by atoms with Crippen LogP contribution in [0.15, 0.2) is 12.2 Å². The van der Waals surface area contributed by atoms with E-state index in [9.17, 15) is 0 Å². The summed E-state index contributed by atoms with van der Waals surface area (Å²) in [7, 11) is 0. The maximum absolute atomic E-state index is 3.64. The Morgan fingerprint density at radius 1 is 1.50 bits per heavy atom. The fourth-order valence-corrected chi connectivity index (χ4v) is 2.10. The average Bonchev–Trinajstić information content (AvgIpc) is 2.32. The zero-order chi connectivity index (χ0) is 9.19. The van der Waals surface area contributed by atoms with Gasteiger partial charge in [0.05, 0.1) is 0 Å². The summed E-state index contributed by atoms with van der Waals surface area (Å²) >= 11 is 0. The van der Waals surface area contributed by atoms with Crippen LogP contribution in [0.25, 0.3) is 0 Å². The molecule has 0 saturated heterocycles. The molecule has 0 radical (unpaired) electrons. The Hall–Kier alpha value is -0.300. The van der Waals surface area contributed by atoms with E-state index in [2.05, 4.69) is 45.2 Å². The summed E-state index contributed by atoms with van der Waals surface area (Å²) in [4.78, 5) is 0. The third-order valence-corrected chi connectivity index (χ3v) is 2.62. The molecular formula is C11H21N. The van der Waals surface area contributed by atoms with Crippen LogP contribution in [0.3, 0.4) is 0 Å². The first kappa shape index (κ1) is 9.79. The van der Waals surface area contributed by atoms with E-state index in [1.165, 1.54) is 12.8 Å². The molecule has 2 atom stereocenters. The van der Waals surface area contributed by atoms with Gasteiger partial charge in [-0.1, -0.05) is 32.9 Å². The lowest BCUT2D eigenvalue weighted by molar-refractivity contribution is 0.327. The molecule has 0 aromatic heterocycles. The average molecular weight is 167 g/mol. The minimum Gasteiger partial charge on any atom is -0.302 e. The van der Waals surface area contributed by atoms with Crippen molar-refractivity contribution in [1.82, 2.24) is 5.32 Å². The Kier molecular flexibility index (Phi) is 2.94. The Morgan fingerprint density at radius 2 is 2.17 bits per heavy atom. The van der Waals surface area contributed by atoms with Gasteiger partial charge < -0.3 is 5.32 Å². The van der Waals surface area contributed by atoms with Crippen molar-refractivity contribution in [1.29, 1.82) is 0 Å². The topological polar surface area (TPSA) is 12.0 Å². The molecule has 0 bridgehead atoms. The van der Waals surface area contributed by atoms with Crippen molar-refractivity contribution < 1.29 is 0 Å². The van der Waals surface area contributed by atoms with Crippen molar-refractivity contribution in [3.05, 3.63) is 12.2 Å². The monoisotopic (exact) mass is 167 g/mol. The highest BCUT2D eigenvalue weighted by Crippen LogP contribution is 2.26. The molecule has 0 aliphatic carbocycles. The third-order valence-electron chi connectivity index (χ3n) is 2.62. The van der Waals surface area contributed by atoms with Crippen molar-refractivity contribution in [2.45, 2.75) is 52.1 Å². The van der Waals surface area contributed by atoms with Gasteiger partial charge in [0.2, 0.25) is 0 Å². The summed E-state index contributed by atoms with van der Waals surface area (Å²) in [5, 5.41) is 3.64. The predicted molar refractivity (Wildman–Crippen MR) is 54.2 cm³/mol. The second kappa shape index (κ2) is 3.61. The largest absolute Gasteiger partial charge is 0.302 e. The fraction of sp³-hybridized carbons (Fsp3) is 0.818. The van der Waals surface area contributed by atoms with Gasteiger partial charge in [-0.15, -0.1) is 0 Å². The quantitative estimate of drug-likeness (QED) is 0.637. The maximum atomic E-state index is 3.64. The molecule has 1 nitrogen and oxygen atoms in total. The highest BCUT2D eigenvalue weighted by molar-refractivity contribution is 5.16. The second-order valence-corrected chi connectivity index (χ2v) is 4.40. The Labute approximate surface area is 76.2 Å². The van der Waals surface area contributed by atoms with Crippen LogP contribution in [0, 0.1) is 5.92 Å². The standard InChI is InChI=1S/C11H21N/c1-5-11(8-9(2)3)7-6-10(4)12-11/h6-7,9-10,12H,5,8H2,1-4H3. The zero-order valence-corrected chi connectivity index (χ0v) is 8.72. The summed E-state index contributed by atoms with van der Waals surface area (Å²) in [6.07, 6.45) is 7.10. The summed E-state index contributed by atoms with van der Waals surface area (Å²) in [5.74, 6) is 0.771. The number of nitrogens with one attached hydrogen (secondary N) is 1. The van der Waals surface area contributed by atoms with E-state index in [1.54, 1.807) is 0 Å². The molecule has 0 aromatic rings. The summed E-state index contributed by atoms with van der Waals surface area (Å²) < 4.78 is 0. The molecule has 12 heavy (non-hydrogen) atoms. The lowest BCUT2D eigenvalue weighted by Gasteiger charge is -2.30. The lowest BCUT2D eigenvalue weighted by atomic mass is 9.87. The summed E-state index contributed by atoms with van der Waals surface area (Å²) in [6, 6.07) is 0.559. The number of hydrogen-bond donors (Lipinski definition) is 1. The van der Waals surface area contributed by atoms with E-state index in [0.717, 1.165) is 5.92 Å². The van der Waals surface area contributed by atoms with Gasteiger partial charge in [-0.05, 0) is 25.7 Å². The van der Waals surface area contributed by atoms with Crippen molar-refractivity contribution in [2.75, 3.05) is 0 Å². The van der Waals surface area contributed by atoms with Crippen molar-refractivity contribution >= 4 is 0 Å². The van der Waals surface area contributed by atoms with Crippen molar-refractivity contribution in [2.24, 2.45) is 5.92 Å². The molecule has 2 unspecified atom stereocenters. The normalized spacial score (nSPS) is 34.9. The molecule has 1 N–H and O–H groups in total. The molecule has 0 spiro atoms. The molecule has 1 rings (SSSR count). The van der Waals surface area contributed by atoms with Gasteiger partial charge >= 0.3 is 0 Å². The minimum absolute atomic E-state index is 0.299. The SMILES string of the molecule is CCC1(CC(C)C)C=CC(C)N1. The van der Waals surface area contributed by atoms with Crippen molar-refractivity contribution in [3.63, 3.8) is 0 Å². The van der Waals surface area contributed by atoms with Crippen molar-refractivity contribution in [3.8, 4) is 0 Å². The first-order valence-corrected chi connectivity index (χ1v) is 5.05. The maximum Gasteiger partial charge on any atom is 0.0369 e. The van der Waals surface area contributed by atoms with E-state index >= 15 is 0 Å². The van der Waals surface area contributed by atoms with Crippen LogP contribution in [-0.2, 0) is 0 Å². The highest BCUT2D eigenvalue weighted by atomic mass is 15.0. The van der Waals surface area contributed by atoms with Gasteiger partial charge in [0, 0.05) is 11.6 Å². The molecular weight excluding hydrogens is 146 g/mol. The first-order valence-electron chi connectivity index (χ1n) is 5.05. The van der Waals surface area contributed by atoms with Crippen LogP contribution < -0.4 is 5.32 Å². The molecule has 0 aromatic carbocycles. The van der Waals surface area contributed by atoms with E-state index in [1.807, 2.05) is 0 Å². The van der Waals surface area contributed by atoms with Gasteiger partial charge in [-0.2, -0.15) is 0 Å². The van der Waals surface area contributed by atoms with Gasteiger partial charge in [0.25, 0.3) is 0 Å². The van der Waals surface area contributed by atoms with Crippen LogP contribution >= 0.6 is 0 Å². The second-order valence-electron chi connectivity index (χ2n) is 4.40. The lowest BCUT2D eigenvalue weighted by Crippen LogP contribution is -2.43. The molecule has 1 aliphatic heterocycles. The van der Waals surface area contributed by atoms with E-state index in [-0.39, 0.29) is 0 Å². The number of rotatable bonds is 3. The Morgan fingerprint density at radius 3 is 2.50 bits per heavy atom. The summed E-state index contributed by atoms with van der Waals surface area (Å²) in [6.45, 7) is 9.05. The van der Waals surface area contributed by atoms with Gasteiger partial charge in [-0.3, -0.25) is 0 Å². The van der Waals surface area contributed by atoms with Crippen LogP contribution in [-0.4, -0.2) is 11.6 Å². The van der Waals surface area contributed by atoms with E-state index < -0.39 is 0 Å². The molecule has 0 amide bonds. The van der Waals surface area contributed by atoms with Crippen LogP contribution in [0.2, 0.25) is 0 Å². The Bertz CT molecular complexity index is 172. The molecule has 0 fully saturated rings. The Balaban J connectivity index is 2.59. The molecule has 70 valence electrons. The fourth-order valence-electron chi connectivity index (χ4n) is 2.10. The van der Waals surface area contributed by atoms with Crippen LogP contribution in [0.4, 0.5) is 0 Å². The predicted octanol–water partition coefficient (Wildman–Crippen LogP) is 2.73. The molecule has 0 saturated carbocycles. The number of hydrogen-bond acceptors (Lipinski definition) is 1. The minimum atomic E-state index is 0.299. The van der Waals surface area contributed by atoms with Crippen LogP contribution in [0.5, 0.6) is 0 Å². The molecule has 1 heterocycles. The molecule has 1 aliphatic rings. The zero-order valence-electron chi connectivity index (χ0n) is 8.72. The van der Waals surface area contributed by atoms with Gasteiger partial charge in [-0.25, -0.2) is 0 Å². The third kappa shape index (κ3) is 2.10. The summed E-state index contributed by atoms with van der Waals surface area (Å²) in [5.41, 5.74) is 0.299. The smallest absolute Gasteiger partial charge is 0.0369 e. The molecule has 1 heteroatoms. The van der Waals surface area contributed by atoms with E-state index in [4.69, 9.17) is 0 Å². The van der Waals surface area contributed by atoms with E-state index in [0.29, 0.717) is 11.6 Å². The van der Waals surface area contributed by atoms with Crippen LogP contribution in [0.1, 0.15) is 40.5 Å². The highest BCUT2D eigenvalue weighted by Gasteiger charge is 2.30. The van der Waals surface area contributed by atoms with Gasteiger partial charge in [0.1, 0.15) is 0 Å². The first-order chi connectivity index (χ1) is 5.58.